The lowest BCUT2D eigenvalue weighted by Crippen LogP contribution is -2.65. The molecular formula is C10H14F9NO2S. The minimum absolute atomic E-state index is 0.0138. The molecule has 0 aromatic heterocycles. The van der Waals surface area contributed by atoms with Gasteiger partial charge in [-0.15, -0.1) is 13.1 Å². The first-order valence-electron chi connectivity index (χ1n) is 6.08. The van der Waals surface area contributed by atoms with Gasteiger partial charge in [0.25, 0.3) is 0 Å². The predicted molar refractivity (Wildman–Crippen MR) is 62.6 cm³/mol. The Bertz CT molecular complexity index is 378. The Labute approximate surface area is 128 Å². The van der Waals surface area contributed by atoms with E-state index >= 15 is 0 Å². The van der Waals surface area contributed by atoms with Gasteiger partial charge < -0.3 is 9.66 Å². The number of hydrogen-bond acceptors (Lipinski definition) is 3. The molecule has 0 aliphatic carbocycles. The molecule has 0 radical (unpaired) electrons. The Hall–Kier alpha value is -0.400. The second kappa shape index (κ2) is 7.66. The summed E-state index contributed by atoms with van der Waals surface area (Å²) in [4.78, 5) is 0. The van der Waals surface area contributed by atoms with Crippen molar-refractivity contribution in [2.75, 3.05) is 20.2 Å². The number of nitrogens with zero attached hydrogens (tertiary/aromatic N) is 1. The van der Waals surface area contributed by atoms with E-state index in [1.54, 1.807) is 0 Å². The molecule has 0 fully saturated rings. The molecule has 0 amide bonds. The van der Waals surface area contributed by atoms with E-state index in [0.717, 1.165) is 0 Å². The average Bonchev–Trinajstić information content (AvgIpc) is 2.40. The maximum absolute atomic E-state index is 13.3. The van der Waals surface area contributed by atoms with Gasteiger partial charge in [0.05, 0.1) is 0 Å². The van der Waals surface area contributed by atoms with E-state index < -0.39 is 41.2 Å². The van der Waals surface area contributed by atoms with Crippen LogP contribution in [0.1, 0.15) is 19.3 Å². The lowest BCUT2D eigenvalue weighted by Gasteiger charge is -2.35. The summed E-state index contributed by atoms with van der Waals surface area (Å²) in [7, 11) is 0.616. The van der Waals surface area contributed by atoms with Gasteiger partial charge in [-0.1, -0.05) is 0 Å². The first kappa shape index (κ1) is 22.6. The van der Waals surface area contributed by atoms with Crippen molar-refractivity contribution in [1.29, 1.82) is 0 Å². The van der Waals surface area contributed by atoms with Gasteiger partial charge in [-0.3, -0.25) is 0 Å². The maximum Gasteiger partial charge on any atom is 0.497 e. The number of aliphatic hydroxyl groups is 1. The number of alkyl halides is 9. The summed E-state index contributed by atoms with van der Waals surface area (Å²) < 4.78 is 125. The van der Waals surface area contributed by atoms with Crippen molar-refractivity contribution in [1.82, 2.24) is 4.31 Å². The van der Waals surface area contributed by atoms with E-state index in [1.807, 2.05) is 0 Å². The highest BCUT2D eigenvalue weighted by molar-refractivity contribution is 7.90. The lowest BCUT2D eigenvalue weighted by atomic mass is 10.1. The zero-order valence-electron chi connectivity index (χ0n) is 11.6. The van der Waals surface area contributed by atoms with Crippen LogP contribution in [0.15, 0.2) is 0 Å². The SMILES string of the molecule is CN(CCCCCO)[S+]([O-])C(F)(F)C(F)(F)C(F)(F)C(F)(F)F. The molecule has 0 aliphatic rings. The molecule has 0 heterocycles. The van der Waals surface area contributed by atoms with Crippen molar-refractivity contribution >= 4 is 11.4 Å². The van der Waals surface area contributed by atoms with E-state index in [0.29, 0.717) is 7.05 Å². The topological polar surface area (TPSA) is 46.5 Å². The molecule has 13 heteroatoms. The van der Waals surface area contributed by atoms with Gasteiger partial charge in [-0.25, -0.2) is 0 Å². The normalized spacial score (nSPS) is 16.0. The molecule has 1 N–H and O–H groups in total. The molecule has 0 saturated carbocycles. The molecule has 0 aromatic rings. The van der Waals surface area contributed by atoms with Crippen LogP contribution in [0, 0.1) is 0 Å². The van der Waals surface area contributed by atoms with Crippen LogP contribution in [-0.4, -0.2) is 57.4 Å². The Balaban J connectivity index is 5.20. The number of aliphatic hydroxyl groups excluding tert-OH is 1. The van der Waals surface area contributed by atoms with Gasteiger partial charge >= 0.3 is 23.3 Å². The van der Waals surface area contributed by atoms with Crippen LogP contribution in [0.25, 0.3) is 0 Å². The van der Waals surface area contributed by atoms with Crippen molar-refractivity contribution < 1.29 is 49.2 Å². The molecule has 0 aromatic carbocycles. The molecule has 140 valence electrons. The van der Waals surface area contributed by atoms with Gasteiger partial charge in [0.2, 0.25) is 0 Å². The van der Waals surface area contributed by atoms with Crippen molar-refractivity contribution in [3.8, 4) is 0 Å². The second-order valence-electron chi connectivity index (χ2n) is 4.55. The van der Waals surface area contributed by atoms with E-state index in [4.69, 9.17) is 5.11 Å². The molecule has 0 aliphatic heterocycles. The summed E-state index contributed by atoms with van der Waals surface area (Å²) >= 11 is -4.12. The Kier molecular flexibility index (Phi) is 7.52. The predicted octanol–water partition coefficient (Wildman–Crippen LogP) is 3.17. The molecule has 23 heavy (non-hydrogen) atoms. The Morgan fingerprint density at radius 1 is 0.870 bits per heavy atom. The molecule has 0 spiro atoms. The van der Waals surface area contributed by atoms with Crippen LogP contribution < -0.4 is 0 Å². The van der Waals surface area contributed by atoms with Crippen LogP contribution in [0.2, 0.25) is 0 Å². The van der Waals surface area contributed by atoms with E-state index in [-0.39, 0.29) is 30.2 Å². The Morgan fingerprint density at radius 3 is 1.74 bits per heavy atom. The molecule has 3 nitrogen and oxygen atoms in total. The van der Waals surface area contributed by atoms with Gasteiger partial charge in [0.15, 0.2) is 0 Å². The minimum Gasteiger partial charge on any atom is -0.593 e. The number of hydrogen-bond donors (Lipinski definition) is 1. The third kappa shape index (κ3) is 4.57. The summed E-state index contributed by atoms with van der Waals surface area (Å²) in [5.41, 5.74) is 0. The average molecular weight is 383 g/mol. The summed E-state index contributed by atoms with van der Waals surface area (Å²) in [6, 6.07) is 0. The van der Waals surface area contributed by atoms with Crippen LogP contribution in [-0.2, 0) is 11.4 Å². The summed E-state index contributed by atoms with van der Waals surface area (Å²) in [6.07, 6.45) is -6.51. The molecule has 0 bridgehead atoms. The third-order valence-corrected chi connectivity index (χ3v) is 4.19. The van der Waals surface area contributed by atoms with Gasteiger partial charge in [0.1, 0.15) is 11.4 Å². The molecule has 1 atom stereocenters. The van der Waals surface area contributed by atoms with Crippen LogP contribution in [0.3, 0.4) is 0 Å². The molecule has 1 unspecified atom stereocenters. The first-order valence-corrected chi connectivity index (χ1v) is 7.19. The smallest absolute Gasteiger partial charge is 0.497 e. The summed E-state index contributed by atoms with van der Waals surface area (Å²) in [5.74, 6) is -14.0. The van der Waals surface area contributed by atoms with Crippen LogP contribution >= 0.6 is 0 Å². The summed E-state index contributed by atoms with van der Waals surface area (Å²) in [5, 5.41) is 2.32. The van der Waals surface area contributed by atoms with E-state index in [1.165, 1.54) is 0 Å². The van der Waals surface area contributed by atoms with E-state index in [9.17, 15) is 44.1 Å². The molecule has 0 saturated heterocycles. The Morgan fingerprint density at radius 2 is 1.35 bits per heavy atom. The minimum atomic E-state index is -7.06. The van der Waals surface area contributed by atoms with Crippen molar-refractivity contribution in [2.45, 2.75) is 42.5 Å². The number of unbranched alkanes of at least 4 members (excludes halogenated alkanes) is 2. The lowest BCUT2D eigenvalue weighted by molar-refractivity contribution is -0.382. The fourth-order valence-corrected chi connectivity index (χ4v) is 2.41. The highest BCUT2D eigenvalue weighted by atomic mass is 32.2. The highest BCUT2D eigenvalue weighted by Crippen LogP contribution is 2.55. The zero-order chi connectivity index (χ0) is 18.7. The number of rotatable bonds is 9. The number of halogens is 9. The summed E-state index contributed by atoms with van der Waals surface area (Å²) in [6.45, 7) is -0.783. The molecule has 0 rings (SSSR count). The van der Waals surface area contributed by atoms with Gasteiger partial charge in [-0.05, 0) is 19.3 Å². The van der Waals surface area contributed by atoms with Crippen molar-refractivity contribution in [3.63, 3.8) is 0 Å². The van der Waals surface area contributed by atoms with Crippen molar-refractivity contribution in [2.24, 2.45) is 0 Å². The second-order valence-corrected chi connectivity index (χ2v) is 6.18. The largest absolute Gasteiger partial charge is 0.593 e. The first-order chi connectivity index (χ1) is 10.1. The van der Waals surface area contributed by atoms with Gasteiger partial charge in [-0.2, -0.15) is 30.7 Å². The van der Waals surface area contributed by atoms with Crippen LogP contribution in [0.5, 0.6) is 0 Å². The third-order valence-electron chi connectivity index (χ3n) is 2.75. The monoisotopic (exact) mass is 383 g/mol. The van der Waals surface area contributed by atoms with E-state index in [2.05, 4.69) is 0 Å². The standard InChI is InChI=1S/C10H14F9NO2S/c1-20(5-3-2-4-6-21)23(22)10(18,19)8(13,14)7(11,12)9(15,16)17/h21H,2-6H2,1H3. The van der Waals surface area contributed by atoms with Crippen LogP contribution in [0.4, 0.5) is 39.5 Å². The quantitative estimate of drug-likeness (QED) is 0.378. The fourth-order valence-electron chi connectivity index (χ4n) is 1.37. The molecular weight excluding hydrogens is 369 g/mol. The van der Waals surface area contributed by atoms with Gasteiger partial charge in [0, 0.05) is 20.2 Å². The maximum atomic E-state index is 13.3. The fraction of sp³-hybridized carbons (Fsp3) is 1.00. The van der Waals surface area contributed by atoms with Crippen molar-refractivity contribution in [3.05, 3.63) is 0 Å². The zero-order valence-corrected chi connectivity index (χ0v) is 12.5. The highest BCUT2D eigenvalue weighted by Gasteiger charge is 2.87.